The summed E-state index contributed by atoms with van der Waals surface area (Å²) < 4.78 is 0. The van der Waals surface area contributed by atoms with E-state index >= 15 is 0 Å². The summed E-state index contributed by atoms with van der Waals surface area (Å²) in [4.78, 5) is 22.6. The number of benzene rings is 1. The molecule has 0 heterocycles. The van der Waals surface area contributed by atoms with Crippen molar-refractivity contribution in [1.82, 2.24) is 5.32 Å². The van der Waals surface area contributed by atoms with Gasteiger partial charge in [-0.1, -0.05) is 6.92 Å². The number of carbonyl (C=O) groups is 2. The summed E-state index contributed by atoms with van der Waals surface area (Å²) in [7, 11) is 0. The maximum Gasteiger partial charge on any atom is 0.335 e. The lowest BCUT2D eigenvalue weighted by molar-refractivity contribution is 0.0697. The number of nitrogens with one attached hydrogen (secondary N) is 2. The topological polar surface area (TPSA) is 78.4 Å². The van der Waals surface area contributed by atoms with Gasteiger partial charge in [-0.15, -0.1) is 0 Å². The largest absolute Gasteiger partial charge is 0.478 e. The minimum absolute atomic E-state index is 0.219. The van der Waals surface area contributed by atoms with Gasteiger partial charge in [-0.25, -0.2) is 9.59 Å². The molecule has 2 rings (SSSR count). The Morgan fingerprint density at radius 1 is 1.32 bits per heavy atom. The minimum Gasteiger partial charge on any atom is -0.478 e. The first-order valence-electron chi connectivity index (χ1n) is 6.37. The summed E-state index contributed by atoms with van der Waals surface area (Å²) in [6.07, 6.45) is 2.04. The molecule has 5 heteroatoms. The second kappa shape index (κ2) is 5.30. The number of urea groups is 1. The van der Waals surface area contributed by atoms with Crippen molar-refractivity contribution in [3.63, 3.8) is 0 Å². The van der Waals surface area contributed by atoms with Crippen LogP contribution in [-0.4, -0.2) is 23.1 Å². The number of rotatable bonds is 3. The van der Waals surface area contributed by atoms with Crippen LogP contribution in [0.25, 0.3) is 0 Å². The van der Waals surface area contributed by atoms with Crippen molar-refractivity contribution in [2.75, 3.05) is 5.32 Å². The van der Waals surface area contributed by atoms with Crippen molar-refractivity contribution >= 4 is 17.7 Å². The lowest BCUT2D eigenvalue weighted by atomic mass is 9.82. The molecular formula is C14H18N2O3. The van der Waals surface area contributed by atoms with Gasteiger partial charge in [0.05, 0.1) is 5.56 Å². The summed E-state index contributed by atoms with van der Waals surface area (Å²) in [6, 6.07) is 4.67. The number of hydrogen-bond donors (Lipinski definition) is 3. The van der Waals surface area contributed by atoms with E-state index in [4.69, 9.17) is 5.11 Å². The molecule has 19 heavy (non-hydrogen) atoms. The van der Waals surface area contributed by atoms with E-state index in [9.17, 15) is 9.59 Å². The van der Waals surface area contributed by atoms with Gasteiger partial charge in [0.25, 0.3) is 0 Å². The van der Waals surface area contributed by atoms with Crippen LogP contribution in [0.2, 0.25) is 0 Å². The van der Waals surface area contributed by atoms with Crippen molar-refractivity contribution < 1.29 is 14.7 Å². The Morgan fingerprint density at radius 2 is 2.00 bits per heavy atom. The van der Waals surface area contributed by atoms with Gasteiger partial charge in [-0.3, -0.25) is 0 Å². The highest BCUT2D eigenvalue weighted by molar-refractivity contribution is 5.92. The molecule has 5 nitrogen and oxygen atoms in total. The lowest BCUT2D eigenvalue weighted by Gasteiger charge is -2.33. The number of carboxylic acids is 1. The van der Waals surface area contributed by atoms with Gasteiger partial charge in [0, 0.05) is 11.7 Å². The van der Waals surface area contributed by atoms with E-state index in [0.717, 1.165) is 18.4 Å². The number of aromatic carboxylic acids is 1. The number of aryl methyl sites for hydroxylation is 1. The van der Waals surface area contributed by atoms with E-state index < -0.39 is 5.97 Å². The van der Waals surface area contributed by atoms with Crippen LogP contribution < -0.4 is 10.6 Å². The second-order valence-electron chi connectivity index (χ2n) is 5.21. The van der Waals surface area contributed by atoms with Gasteiger partial charge >= 0.3 is 12.0 Å². The third-order valence-corrected chi connectivity index (χ3v) is 3.43. The summed E-state index contributed by atoms with van der Waals surface area (Å²) in [5, 5.41) is 14.5. The molecule has 0 bridgehead atoms. The molecule has 0 atom stereocenters. The van der Waals surface area contributed by atoms with E-state index in [0.29, 0.717) is 11.6 Å². The summed E-state index contributed by atoms with van der Waals surface area (Å²) in [5.41, 5.74) is 1.59. The Kier molecular flexibility index (Phi) is 3.74. The molecule has 0 unspecified atom stereocenters. The first kappa shape index (κ1) is 13.4. The van der Waals surface area contributed by atoms with Crippen molar-refractivity contribution in [3.05, 3.63) is 29.3 Å². The Hall–Kier alpha value is -2.04. The highest BCUT2D eigenvalue weighted by Gasteiger charge is 2.26. The number of anilines is 1. The number of amides is 2. The van der Waals surface area contributed by atoms with E-state index in [2.05, 4.69) is 17.6 Å². The number of carboxylic acid groups (broad SMARTS) is 1. The molecule has 1 aromatic carbocycles. The molecule has 3 N–H and O–H groups in total. The van der Waals surface area contributed by atoms with Gasteiger partial charge in [-0.05, 0) is 49.4 Å². The molecule has 1 fully saturated rings. The Balaban J connectivity index is 1.95. The monoisotopic (exact) mass is 262 g/mol. The van der Waals surface area contributed by atoms with Crippen LogP contribution in [0.15, 0.2) is 18.2 Å². The zero-order chi connectivity index (χ0) is 14.0. The summed E-state index contributed by atoms with van der Waals surface area (Å²) in [6.45, 7) is 3.93. The van der Waals surface area contributed by atoms with Crippen molar-refractivity contribution in [3.8, 4) is 0 Å². The van der Waals surface area contributed by atoms with Crippen molar-refractivity contribution in [1.29, 1.82) is 0 Å². The third-order valence-electron chi connectivity index (χ3n) is 3.43. The van der Waals surface area contributed by atoms with E-state index in [-0.39, 0.29) is 17.6 Å². The molecule has 102 valence electrons. The van der Waals surface area contributed by atoms with Gasteiger partial charge in [0.15, 0.2) is 0 Å². The number of hydrogen-bond acceptors (Lipinski definition) is 2. The molecule has 1 aliphatic rings. The third kappa shape index (κ3) is 3.24. The first-order valence-corrected chi connectivity index (χ1v) is 6.37. The van der Waals surface area contributed by atoms with Crippen LogP contribution in [0, 0.1) is 12.8 Å². The predicted molar refractivity (Wildman–Crippen MR) is 72.5 cm³/mol. The van der Waals surface area contributed by atoms with E-state index in [1.165, 1.54) is 6.07 Å². The molecule has 1 aliphatic carbocycles. The normalized spacial score (nSPS) is 21.4. The fourth-order valence-corrected chi connectivity index (χ4v) is 2.30. The molecule has 1 saturated carbocycles. The van der Waals surface area contributed by atoms with Gasteiger partial charge < -0.3 is 15.7 Å². The van der Waals surface area contributed by atoms with Crippen LogP contribution in [0.1, 0.15) is 35.7 Å². The van der Waals surface area contributed by atoms with Crippen LogP contribution >= 0.6 is 0 Å². The zero-order valence-electron chi connectivity index (χ0n) is 11.1. The molecule has 0 saturated heterocycles. The standard InChI is InChI=1S/C14H18N2O3/c1-8-5-11(6-8)15-14(19)16-12-4-3-10(13(17)18)7-9(12)2/h3-4,7-8,11H,5-6H2,1-2H3,(H,17,18)(H2,15,16,19). The maximum absolute atomic E-state index is 11.8. The Bertz CT molecular complexity index is 507. The zero-order valence-corrected chi connectivity index (χ0v) is 11.1. The molecule has 0 radical (unpaired) electrons. The summed E-state index contributed by atoms with van der Waals surface area (Å²) >= 11 is 0. The molecule has 1 aromatic rings. The van der Waals surface area contributed by atoms with Crippen LogP contribution in [0.5, 0.6) is 0 Å². The minimum atomic E-state index is -0.970. The lowest BCUT2D eigenvalue weighted by Crippen LogP contribution is -2.45. The highest BCUT2D eigenvalue weighted by atomic mass is 16.4. The van der Waals surface area contributed by atoms with Crippen LogP contribution in [0.4, 0.5) is 10.5 Å². The smallest absolute Gasteiger partial charge is 0.335 e. The first-order chi connectivity index (χ1) is 8.95. The Morgan fingerprint density at radius 3 is 2.53 bits per heavy atom. The predicted octanol–water partition coefficient (Wildman–Crippen LogP) is 2.61. The van der Waals surface area contributed by atoms with Crippen molar-refractivity contribution in [2.45, 2.75) is 32.7 Å². The second-order valence-corrected chi connectivity index (χ2v) is 5.21. The van der Waals surface area contributed by atoms with E-state index in [1.807, 2.05) is 0 Å². The van der Waals surface area contributed by atoms with Crippen molar-refractivity contribution in [2.24, 2.45) is 5.92 Å². The molecule has 0 aliphatic heterocycles. The maximum atomic E-state index is 11.8. The highest BCUT2D eigenvalue weighted by Crippen LogP contribution is 2.26. The van der Waals surface area contributed by atoms with Gasteiger partial charge in [-0.2, -0.15) is 0 Å². The van der Waals surface area contributed by atoms with Gasteiger partial charge in [0.1, 0.15) is 0 Å². The molecular weight excluding hydrogens is 244 g/mol. The SMILES string of the molecule is Cc1cc(C(=O)O)ccc1NC(=O)NC1CC(C)C1. The van der Waals surface area contributed by atoms with E-state index in [1.54, 1.807) is 19.1 Å². The quantitative estimate of drug-likeness (QED) is 0.783. The van der Waals surface area contributed by atoms with Gasteiger partial charge in [0.2, 0.25) is 0 Å². The fraction of sp³-hybridized carbons (Fsp3) is 0.429. The van der Waals surface area contributed by atoms with Crippen LogP contribution in [0.3, 0.4) is 0 Å². The number of carbonyl (C=O) groups excluding carboxylic acids is 1. The summed E-state index contributed by atoms with van der Waals surface area (Å²) in [5.74, 6) is -0.288. The fourth-order valence-electron chi connectivity index (χ4n) is 2.30. The Labute approximate surface area is 112 Å². The average Bonchev–Trinajstić information content (AvgIpc) is 2.29. The molecule has 0 aromatic heterocycles. The molecule has 2 amide bonds. The van der Waals surface area contributed by atoms with Crippen LogP contribution in [-0.2, 0) is 0 Å². The average molecular weight is 262 g/mol. The molecule has 0 spiro atoms.